The third-order valence-electron chi connectivity index (χ3n) is 6.91. The molecular weight excluding hydrogens is 573 g/mol. The third kappa shape index (κ3) is 7.77. The minimum Gasteiger partial charge on any atom is -0.487 e. The second kappa shape index (κ2) is 13.1. The van der Waals surface area contributed by atoms with Crippen molar-refractivity contribution in [2.75, 3.05) is 37.4 Å². The highest BCUT2D eigenvalue weighted by Crippen LogP contribution is 2.32. The van der Waals surface area contributed by atoms with Gasteiger partial charge in [-0.15, -0.1) is 5.10 Å². The molecule has 1 aromatic heterocycles. The molecule has 3 atom stereocenters. The van der Waals surface area contributed by atoms with Crippen LogP contribution in [0.1, 0.15) is 29.8 Å². The molecule has 1 aliphatic heterocycles. The largest absolute Gasteiger partial charge is 0.487 e. The summed E-state index contributed by atoms with van der Waals surface area (Å²) in [6.07, 6.45) is -3.83. The predicted octanol–water partition coefficient (Wildman–Crippen LogP) is 2.71. The van der Waals surface area contributed by atoms with Crippen LogP contribution in [0.5, 0.6) is 5.75 Å². The van der Waals surface area contributed by atoms with Crippen molar-refractivity contribution in [2.45, 2.75) is 38.7 Å². The van der Waals surface area contributed by atoms with Gasteiger partial charge in [0, 0.05) is 30.9 Å². The highest BCUT2D eigenvalue weighted by molar-refractivity contribution is 6.00. The van der Waals surface area contributed by atoms with Crippen LogP contribution in [0, 0.1) is 5.92 Å². The van der Waals surface area contributed by atoms with Crippen molar-refractivity contribution in [3.63, 3.8) is 0 Å². The fourth-order valence-electron chi connectivity index (χ4n) is 4.43. The lowest BCUT2D eigenvalue weighted by Gasteiger charge is -2.38. The molecule has 3 N–H and O–H groups in total. The molecule has 1 aliphatic rings. The summed E-state index contributed by atoms with van der Waals surface area (Å²) in [5, 5.41) is 25.7. The van der Waals surface area contributed by atoms with Gasteiger partial charge in [0.2, 0.25) is 5.91 Å². The Morgan fingerprint density at radius 3 is 2.49 bits per heavy atom. The molecule has 4 amide bonds. The summed E-state index contributed by atoms with van der Waals surface area (Å²) >= 11 is 0. The van der Waals surface area contributed by atoms with Crippen LogP contribution in [0.3, 0.4) is 0 Å². The van der Waals surface area contributed by atoms with Gasteiger partial charge in [0.15, 0.2) is 0 Å². The molecule has 2 aromatic carbocycles. The number of aromatic nitrogens is 4. The van der Waals surface area contributed by atoms with Gasteiger partial charge < -0.3 is 30.3 Å². The Balaban J connectivity index is 1.52. The molecule has 43 heavy (non-hydrogen) atoms. The number of aliphatic hydroxyl groups excluding tert-OH is 1. The van der Waals surface area contributed by atoms with E-state index in [9.17, 15) is 32.7 Å². The van der Waals surface area contributed by atoms with E-state index in [1.165, 1.54) is 52.1 Å². The lowest BCUT2D eigenvalue weighted by Crippen LogP contribution is -2.50. The quantitative estimate of drug-likeness (QED) is 0.355. The lowest BCUT2D eigenvalue weighted by molar-refractivity contribution is -0.137. The average Bonchev–Trinajstić information content (AvgIpc) is 3.47. The molecular formula is C27H31F3N8O5. The van der Waals surface area contributed by atoms with Gasteiger partial charge in [-0.2, -0.15) is 13.2 Å². The van der Waals surface area contributed by atoms with Gasteiger partial charge >= 0.3 is 12.2 Å². The van der Waals surface area contributed by atoms with E-state index in [4.69, 9.17) is 4.74 Å². The van der Waals surface area contributed by atoms with E-state index in [0.717, 1.165) is 12.1 Å². The van der Waals surface area contributed by atoms with E-state index in [-0.39, 0.29) is 49.2 Å². The van der Waals surface area contributed by atoms with E-state index in [1.54, 1.807) is 13.0 Å². The number of alkyl halides is 3. The first-order valence-electron chi connectivity index (χ1n) is 13.3. The SMILES string of the molecule is C[C@H]1CN([C@@H](C)CO)C(=O)c2cc(NC(=O)Cn3cnnn3)ccc2O[C@@H]1CN(C)C(=O)Nc1ccc(C(F)(F)F)cc1. The summed E-state index contributed by atoms with van der Waals surface area (Å²) in [5.74, 6) is -0.930. The number of ether oxygens (including phenoxy) is 1. The van der Waals surface area contributed by atoms with Crippen LogP contribution >= 0.6 is 0 Å². The Kier molecular flexibility index (Phi) is 9.48. The fraction of sp³-hybridized carbons (Fsp3) is 0.407. The Bertz CT molecular complexity index is 1440. The smallest absolute Gasteiger partial charge is 0.416 e. The summed E-state index contributed by atoms with van der Waals surface area (Å²) < 4.78 is 46.1. The van der Waals surface area contributed by atoms with Crippen molar-refractivity contribution in [1.29, 1.82) is 0 Å². The molecule has 0 aliphatic carbocycles. The summed E-state index contributed by atoms with van der Waals surface area (Å²) in [4.78, 5) is 41.8. The molecule has 4 rings (SSSR count). The number of anilines is 2. The van der Waals surface area contributed by atoms with Gasteiger partial charge in [-0.05, 0) is 59.8 Å². The topological polar surface area (TPSA) is 155 Å². The van der Waals surface area contributed by atoms with Gasteiger partial charge in [0.05, 0.1) is 30.3 Å². The van der Waals surface area contributed by atoms with E-state index >= 15 is 0 Å². The van der Waals surface area contributed by atoms with Gasteiger partial charge in [-0.1, -0.05) is 6.92 Å². The van der Waals surface area contributed by atoms with Gasteiger partial charge in [0.1, 0.15) is 24.7 Å². The number of halogens is 3. The molecule has 0 bridgehead atoms. The van der Waals surface area contributed by atoms with E-state index < -0.39 is 41.7 Å². The maximum atomic E-state index is 13.6. The van der Waals surface area contributed by atoms with Crippen LogP contribution in [-0.2, 0) is 17.5 Å². The Hall–Kier alpha value is -4.73. The summed E-state index contributed by atoms with van der Waals surface area (Å²) in [6, 6.07) is 7.54. The second-order valence-electron chi connectivity index (χ2n) is 10.3. The third-order valence-corrected chi connectivity index (χ3v) is 6.91. The molecule has 0 unspecified atom stereocenters. The molecule has 16 heteroatoms. The van der Waals surface area contributed by atoms with Crippen molar-refractivity contribution in [3.8, 4) is 5.75 Å². The second-order valence-corrected chi connectivity index (χ2v) is 10.3. The monoisotopic (exact) mass is 604 g/mol. The number of carbonyl (C=O) groups is 3. The van der Waals surface area contributed by atoms with Crippen LogP contribution in [0.15, 0.2) is 48.8 Å². The minimum absolute atomic E-state index is 0.0625. The first-order valence-corrected chi connectivity index (χ1v) is 13.3. The molecule has 0 saturated heterocycles. The number of urea groups is 1. The average molecular weight is 605 g/mol. The zero-order chi connectivity index (χ0) is 31.3. The van der Waals surface area contributed by atoms with Crippen LogP contribution in [0.25, 0.3) is 0 Å². The first kappa shape index (κ1) is 31.2. The number of aliphatic hydroxyl groups is 1. The predicted molar refractivity (Wildman–Crippen MR) is 147 cm³/mol. The van der Waals surface area contributed by atoms with Crippen molar-refractivity contribution >= 4 is 29.2 Å². The van der Waals surface area contributed by atoms with Gasteiger partial charge in [-0.3, -0.25) is 9.59 Å². The number of hydrogen-bond donors (Lipinski definition) is 3. The lowest BCUT2D eigenvalue weighted by atomic mass is 9.99. The molecule has 230 valence electrons. The number of amides is 4. The molecule has 0 spiro atoms. The number of carbonyl (C=O) groups excluding carboxylic acids is 3. The number of benzene rings is 2. The van der Waals surface area contributed by atoms with Crippen LogP contribution in [-0.4, -0.2) is 91.8 Å². The van der Waals surface area contributed by atoms with E-state index in [0.29, 0.717) is 5.69 Å². The highest BCUT2D eigenvalue weighted by atomic mass is 19.4. The summed E-state index contributed by atoms with van der Waals surface area (Å²) in [7, 11) is 1.51. The minimum atomic E-state index is -4.49. The van der Waals surface area contributed by atoms with Crippen molar-refractivity contribution in [1.82, 2.24) is 30.0 Å². The maximum absolute atomic E-state index is 13.6. The van der Waals surface area contributed by atoms with Gasteiger partial charge in [-0.25, -0.2) is 9.48 Å². The van der Waals surface area contributed by atoms with Crippen molar-refractivity contribution in [3.05, 3.63) is 59.9 Å². The fourth-order valence-corrected chi connectivity index (χ4v) is 4.43. The standard InChI is InChI=1S/C27H31F3N8O5/c1-16-11-38(17(2)14-39)25(41)21-10-20(32-24(40)13-37-15-31-34-35-37)8-9-22(21)43-23(16)12-36(3)26(42)33-19-6-4-18(5-7-19)27(28,29)30/h4-10,15-17,23,39H,11-14H2,1-3H3,(H,32,40)(H,33,42)/t16-,17-,23+/m0/s1. The number of hydrogen-bond acceptors (Lipinski definition) is 8. The summed E-state index contributed by atoms with van der Waals surface area (Å²) in [5.41, 5.74) is -0.177. The number of tetrazole rings is 1. The summed E-state index contributed by atoms with van der Waals surface area (Å²) in [6.45, 7) is 3.35. The zero-order valence-corrected chi connectivity index (χ0v) is 23.6. The van der Waals surface area contributed by atoms with Crippen LogP contribution in [0.2, 0.25) is 0 Å². The number of likely N-dealkylation sites (N-methyl/N-ethyl adjacent to an activating group) is 1. The normalized spacial score (nSPS) is 17.7. The van der Waals surface area contributed by atoms with Crippen LogP contribution in [0.4, 0.5) is 29.3 Å². The molecule has 13 nitrogen and oxygen atoms in total. The molecule has 0 fully saturated rings. The molecule has 3 aromatic rings. The number of nitrogens with zero attached hydrogens (tertiary/aromatic N) is 6. The highest BCUT2D eigenvalue weighted by Gasteiger charge is 2.34. The first-order chi connectivity index (χ1) is 20.3. The number of nitrogens with one attached hydrogen (secondary N) is 2. The molecule has 2 heterocycles. The Morgan fingerprint density at radius 1 is 1.16 bits per heavy atom. The Morgan fingerprint density at radius 2 is 1.86 bits per heavy atom. The van der Waals surface area contributed by atoms with Crippen molar-refractivity contribution in [2.24, 2.45) is 5.92 Å². The molecule has 0 saturated carbocycles. The van der Waals surface area contributed by atoms with E-state index in [2.05, 4.69) is 26.2 Å². The zero-order valence-electron chi connectivity index (χ0n) is 23.6. The van der Waals surface area contributed by atoms with Crippen LogP contribution < -0.4 is 15.4 Å². The maximum Gasteiger partial charge on any atom is 0.416 e. The van der Waals surface area contributed by atoms with Crippen molar-refractivity contribution < 1.29 is 37.4 Å². The molecule has 0 radical (unpaired) electrons. The van der Waals surface area contributed by atoms with Gasteiger partial charge in [0.25, 0.3) is 5.91 Å². The number of rotatable bonds is 8. The Labute approximate surface area is 244 Å². The van der Waals surface area contributed by atoms with E-state index in [1.807, 2.05) is 6.92 Å². The number of fused-ring (bicyclic) bond motifs is 1.